The van der Waals surface area contributed by atoms with Crippen LogP contribution in [0, 0.1) is 18.8 Å². The lowest BCUT2D eigenvalue weighted by atomic mass is 9.75. The number of aromatic nitrogens is 2. The average molecular weight is 274 g/mol. The summed E-state index contributed by atoms with van der Waals surface area (Å²) in [5, 5.41) is 3.12. The van der Waals surface area contributed by atoms with E-state index in [1.165, 1.54) is 45.2 Å². The molecule has 4 heteroatoms. The third kappa shape index (κ3) is 3.11. The average Bonchev–Trinajstić information content (AvgIpc) is 2.46. The van der Waals surface area contributed by atoms with Gasteiger partial charge in [-0.2, -0.15) is 0 Å². The molecule has 1 saturated heterocycles. The van der Waals surface area contributed by atoms with Gasteiger partial charge in [-0.15, -0.1) is 0 Å². The van der Waals surface area contributed by atoms with Gasteiger partial charge in [0.05, 0.1) is 6.54 Å². The van der Waals surface area contributed by atoms with Crippen LogP contribution in [0.4, 0.5) is 5.82 Å². The van der Waals surface area contributed by atoms with Crippen molar-refractivity contribution in [3.05, 3.63) is 17.6 Å². The van der Waals surface area contributed by atoms with Crippen LogP contribution in [-0.2, 0) is 6.54 Å². The molecule has 20 heavy (non-hydrogen) atoms. The van der Waals surface area contributed by atoms with Crippen LogP contribution < -0.4 is 5.32 Å². The third-order valence-electron chi connectivity index (χ3n) is 4.90. The Balaban J connectivity index is 1.64. The molecule has 0 bridgehead atoms. The Labute approximate surface area is 122 Å². The Bertz CT molecular complexity index is 460. The summed E-state index contributed by atoms with van der Waals surface area (Å²) in [6.45, 7) is 5.41. The number of aryl methyl sites for hydroxylation is 1. The quantitative estimate of drug-likeness (QED) is 0.920. The Morgan fingerprint density at radius 1 is 1.20 bits per heavy atom. The third-order valence-corrected chi connectivity index (χ3v) is 4.90. The first kappa shape index (κ1) is 13.8. The van der Waals surface area contributed by atoms with Gasteiger partial charge in [0.15, 0.2) is 0 Å². The molecule has 0 spiro atoms. The van der Waals surface area contributed by atoms with Crippen LogP contribution in [-0.4, -0.2) is 35.0 Å². The number of hydrogen-bond donors (Lipinski definition) is 1. The van der Waals surface area contributed by atoms with Crippen molar-refractivity contribution in [2.45, 2.75) is 45.6 Å². The van der Waals surface area contributed by atoms with Crippen molar-refractivity contribution in [1.29, 1.82) is 0 Å². The molecule has 0 amide bonds. The highest BCUT2D eigenvalue weighted by Crippen LogP contribution is 2.36. The molecule has 4 nitrogen and oxygen atoms in total. The van der Waals surface area contributed by atoms with Gasteiger partial charge < -0.3 is 5.32 Å². The number of fused-ring (bicyclic) bond motifs is 1. The topological polar surface area (TPSA) is 41.1 Å². The summed E-state index contributed by atoms with van der Waals surface area (Å²) in [5.74, 6) is 3.81. The fourth-order valence-electron chi connectivity index (χ4n) is 3.85. The van der Waals surface area contributed by atoms with E-state index in [-0.39, 0.29) is 0 Å². The zero-order chi connectivity index (χ0) is 13.9. The molecule has 2 atom stereocenters. The van der Waals surface area contributed by atoms with E-state index in [2.05, 4.69) is 20.2 Å². The lowest BCUT2D eigenvalue weighted by molar-refractivity contribution is 0.0803. The van der Waals surface area contributed by atoms with E-state index in [4.69, 9.17) is 0 Å². The Kier molecular flexibility index (Phi) is 4.20. The Morgan fingerprint density at radius 2 is 2.00 bits per heavy atom. The fourth-order valence-corrected chi connectivity index (χ4v) is 3.85. The summed E-state index contributed by atoms with van der Waals surface area (Å²) in [7, 11) is 1.92. The minimum Gasteiger partial charge on any atom is -0.373 e. The maximum atomic E-state index is 4.59. The molecule has 1 N–H and O–H groups in total. The summed E-state index contributed by atoms with van der Waals surface area (Å²) in [5.41, 5.74) is 1.05. The van der Waals surface area contributed by atoms with Gasteiger partial charge in [-0.25, -0.2) is 9.97 Å². The van der Waals surface area contributed by atoms with Crippen LogP contribution in [0.1, 0.15) is 43.6 Å². The normalized spacial score (nSPS) is 27.1. The van der Waals surface area contributed by atoms with Gasteiger partial charge in [-0.05, 0) is 38.1 Å². The number of rotatable bonds is 3. The lowest BCUT2D eigenvalue weighted by Gasteiger charge is -2.41. The van der Waals surface area contributed by atoms with E-state index >= 15 is 0 Å². The van der Waals surface area contributed by atoms with Gasteiger partial charge in [0.25, 0.3) is 0 Å². The minimum atomic E-state index is 0.902. The molecule has 0 aromatic carbocycles. The van der Waals surface area contributed by atoms with Gasteiger partial charge >= 0.3 is 0 Å². The monoisotopic (exact) mass is 274 g/mol. The molecule has 1 aromatic heterocycles. The van der Waals surface area contributed by atoms with Crippen molar-refractivity contribution in [3.63, 3.8) is 0 Å². The smallest absolute Gasteiger partial charge is 0.144 e. The second-order valence-corrected chi connectivity index (χ2v) is 6.39. The SMILES string of the molecule is CNc1cc(C)nc(CN2CCC3CCCCC3C2)n1. The molecule has 2 aliphatic rings. The molecule has 2 fully saturated rings. The van der Waals surface area contributed by atoms with Crippen molar-refractivity contribution in [3.8, 4) is 0 Å². The van der Waals surface area contributed by atoms with Crippen molar-refractivity contribution >= 4 is 5.82 Å². The predicted octanol–water partition coefficient (Wildman–Crippen LogP) is 2.84. The predicted molar refractivity (Wildman–Crippen MR) is 81.7 cm³/mol. The fraction of sp³-hybridized carbons (Fsp3) is 0.750. The molecule has 0 radical (unpaired) electrons. The maximum absolute atomic E-state index is 4.59. The number of nitrogens with zero attached hydrogens (tertiary/aromatic N) is 3. The first-order chi connectivity index (χ1) is 9.74. The molecule has 110 valence electrons. The van der Waals surface area contributed by atoms with Crippen LogP contribution in [0.25, 0.3) is 0 Å². The van der Waals surface area contributed by atoms with E-state index in [0.29, 0.717) is 0 Å². The van der Waals surface area contributed by atoms with Gasteiger partial charge in [0.2, 0.25) is 0 Å². The van der Waals surface area contributed by atoms with Crippen molar-refractivity contribution in [2.24, 2.45) is 11.8 Å². The van der Waals surface area contributed by atoms with Crippen molar-refractivity contribution < 1.29 is 0 Å². The number of likely N-dealkylation sites (tertiary alicyclic amines) is 1. The molecule has 2 heterocycles. The summed E-state index contributed by atoms with van der Waals surface area (Å²) >= 11 is 0. The number of hydrogen-bond acceptors (Lipinski definition) is 4. The molecular formula is C16H26N4. The van der Waals surface area contributed by atoms with Crippen molar-refractivity contribution in [2.75, 3.05) is 25.5 Å². The molecular weight excluding hydrogens is 248 g/mol. The molecule has 1 saturated carbocycles. The van der Waals surface area contributed by atoms with E-state index < -0.39 is 0 Å². The first-order valence-electron chi connectivity index (χ1n) is 7.99. The lowest BCUT2D eigenvalue weighted by Crippen LogP contribution is -2.41. The molecule has 1 aromatic rings. The van der Waals surface area contributed by atoms with Gasteiger partial charge in [0, 0.05) is 25.4 Å². The Morgan fingerprint density at radius 3 is 2.80 bits per heavy atom. The standard InChI is InChI=1S/C16H26N4/c1-12-9-15(17-2)19-16(18-12)11-20-8-7-13-5-3-4-6-14(13)10-20/h9,13-14H,3-8,10-11H2,1-2H3,(H,17,18,19). The van der Waals surface area contributed by atoms with Gasteiger partial charge in [-0.1, -0.05) is 19.3 Å². The highest BCUT2D eigenvalue weighted by atomic mass is 15.2. The van der Waals surface area contributed by atoms with E-state index in [0.717, 1.165) is 35.7 Å². The molecule has 3 rings (SSSR count). The van der Waals surface area contributed by atoms with E-state index in [1.54, 1.807) is 0 Å². The maximum Gasteiger partial charge on any atom is 0.144 e. The van der Waals surface area contributed by atoms with Crippen molar-refractivity contribution in [1.82, 2.24) is 14.9 Å². The summed E-state index contributed by atoms with van der Waals surface area (Å²) in [6, 6.07) is 2.00. The number of anilines is 1. The van der Waals surface area contributed by atoms with Crippen LogP contribution in [0.3, 0.4) is 0 Å². The van der Waals surface area contributed by atoms with Gasteiger partial charge in [-0.3, -0.25) is 4.90 Å². The van der Waals surface area contributed by atoms with Crippen LogP contribution in [0.5, 0.6) is 0 Å². The van der Waals surface area contributed by atoms with Crippen LogP contribution in [0.15, 0.2) is 6.07 Å². The molecule has 2 unspecified atom stereocenters. The minimum absolute atomic E-state index is 0.902. The molecule has 1 aliphatic carbocycles. The second-order valence-electron chi connectivity index (χ2n) is 6.39. The van der Waals surface area contributed by atoms with E-state index in [1.807, 2.05) is 20.0 Å². The number of piperidine rings is 1. The highest BCUT2D eigenvalue weighted by Gasteiger charge is 2.31. The first-order valence-corrected chi connectivity index (χ1v) is 7.99. The molecule has 1 aliphatic heterocycles. The van der Waals surface area contributed by atoms with Gasteiger partial charge in [0.1, 0.15) is 11.6 Å². The summed E-state index contributed by atoms with van der Waals surface area (Å²) in [4.78, 5) is 11.7. The van der Waals surface area contributed by atoms with Crippen LogP contribution >= 0.6 is 0 Å². The zero-order valence-electron chi connectivity index (χ0n) is 12.7. The summed E-state index contributed by atoms with van der Waals surface area (Å²) < 4.78 is 0. The van der Waals surface area contributed by atoms with E-state index in [9.17, 15) is 0 Å². The second kappa shape index (κ2) is 6.08. The van der Waals surface area contributed by atoms with Crippen LogP contribution in [0.2, 0.25) is 0 Å². The number of nitrogens with one attached hydrogen (secondary N) is 1. The Hall–Kier alpha value is -1.16. The zero-order valence-corrected chi connectivity index (χ0v) is 12.7. The summed E-state index contributed by atoms with van der Waals surface area (Å²) in [6.07, 6.45) is 7.14. The highest BCUT2D eigenvalue weighted by molar-refractivity contribution is 5.34. The largest absolute Gasteiger partial charge is 0.373 e.